The Bertz CT molecular complexity index is 349. The summed E-state index contributed by atoms with van der Waals surface area (Å²) < 4.78 is 5.53. The van der Waals surface area contributed by atoms with E-state index in [2.05, 4.69) is 6.92 Å². The molecule has 1 atom stereocenters. The third-order valence-corrected chi connectivity index (χ3v) is 2.51. The molecule has 0 saturated heterocycles. The van der Waals surface area contributed by atoms with Gasteiger partial charge < -0.3 is 16.2 Å². The van der Waals surface area contributed by atoms with Crippen LogP contribution in [0.15, 0.2) is 24.3 Å². The number of ether oxygens (including phenoxy) is 1. The Hall–Kier alpha value is -1.55. The molecule has 1 aromatic rings. The molecule has 0 heterocycles. The van der Waals surface area contributed by atoms with Crippen LogP contribution >= 0.6 is 0 Å². The lowest BCUT2D eigenvalue weighted by Gasteiger charge is -2.09. The van der Waals surface area contributed by atoms with Gasteiger partial charge >= 0.3 is 0 Å². The summed E-state index contributed by atoms with van der Waals surface area (Å²) in [6.07, 6.45) is 2.63. The van der Waals surface area contributed by atoms with Gasteiger partial charge in [0.1, 0.15) is 5.75 Å². The molecular formula is C13H20N2O2. The van der Waals surface area contributed by atoms with E-state index in [4.69, 9.17) is 16.2 Å². The van der Waals surface area contributed by atoms with E-state index in [0.717, 1.165) is 30.8 Å². The Balaban J connectivity index is 2.47. The van der Waals surface area contributed by atoms with Crippen LogP contribution in [0, 0.1) is 0 Å². The van der Waals surface area contributed by atoms with Crippen LogP contribution in [-0.4, -0.2) is 18.6 Å². The van der Waals surface area contributed by atoms with E-state index in [1.165, 1.54) is 0 Å². The van der Waals surface area contributed by atoms with Gasteiger partial charge in [-0.15, -0.1) is 0 Å². The van der Waals surface area contributed by atoms with Gasteiger partial charge in [0.05, 0.1) is 12.6 Å². The van der Waals surface area contributed by atoms with Gasteiger partial charge in [-0.2, -0.15) is 0 Å². The first kappa shape index (κ1) is 13.5. The van der Waals surface area contributed by atoms with E-state index in [-0.39, 0.29) is 0 Å². The van der Waals surface area contributed by atoms with Crippen LogP contribution in [0.4, 0.5) is 0 Å². The summed E-state index contributed by atoms with van der Waals surface area (Å²) in [5.41, 5.74) is 11.7. The number of hydrogen-bond acceptors (Lipinski definition) is 3. The zero-order valence-electron chi connectivity index (χ0n) is 10.2. The van der Waals surface area contributed by atoms with Crippen molar-refractivity contribution in [2.45, 2.75) is 32.2 Å². The molecule has 0 bridgehead atoms. The monoisotopic (exact) mass is 236 g/mol. The fourth-order valence-corrected chi connectivity index (χ4v) is 1.41. The molecule has 1 rings (SSSR count). The average Bonchev–Trinajstić information content (AvgIpc) is 2.31. The van der Waals surface area contributed by atoms with Gasteiger partial charge in [-0.25, -0.2) is 0 Å². The number of rotatable bonds is 7. The number of carbonyl (C=O) groups excluding carboxylic acids is 1. The molecule has 0 radical (unpaired) electrons. The Labute approximate surface area is 102 Å². The average molecular weight is 236 g/mol. The number of hydrogen-bond donors (Lipinski definition) is 2. The molecule has 4 heteroatoms. The van der Waals surface area contributed by atoms with Crippen molar-refractivity contribution in [2.75, 3.05) is 6.61 Å². The molecule has 0 aliphatic carbocycles. The van der Waals surface area contributed by atoms with Crippen LogP contribution < -0.4 is 16.2 Å². The molecule has 17 heavy (non-hydrogen) atoms. The van der Waals surface area contributed by atoms with Crippen LogP contribution in [0.1, 0.15) is 25.3 Å². The summed E-state index contributed by atoms with van der Waals surface area (Å²) in [7, 11) is 0. The van der Waals surface area contributed by atoms with Crippen LogP contribution in [-0.2, 0) is 11.2 Å². The van der Waals surface area contributed by atoms with Gasteiger partial charge in [0.15, 0.2) is 0 Å². The molecule has 4 nitrogen and oxygen atoms in total. The number of primary amides is 1. The first-order valence-corrected chi connectivity index (χ1v) is 5.90. The Morgan fingerprint density at radius 1 is 1.35 bits per heavy atom. The smallest absolute Gasteiger partial charge is 0.234 e. The Kier molecular flexibility index (Phi) is 5.49. The first-order chi connectivity index (χ1) is 8.13. The second kappa shape index (κ2) is 6.91. The largest absolute Gasteiger partial charge is 0.494 e. The van der Waals surface area contributed by atoms with Gasteiger partial charge in [0.2, 0.25) is 5.91 Å². The quantitative estimate of drug-likeness (QED) is 0.699. The molecule has 1 aromatic carbocycles. The number of unbranched alkanes of at least 4 members (excludes halogenated alkanes) is 1. The van der Waals surface area contributed by atoms with E-state index < -0.39 is 11.9 Å². The van der Waals surface area contributed by atoms with Crippen LogP contribution in [0.5, 0.6) is 5.75 Å². The fourth-order valence-electron chi connectivity index (χ4n) is 1.41. The summed E-state index contributed by atoms with van der Waals surface area (Å²) in [5, 5.41) is 0. The fraction of sp³-hybridized carbons (Fsp3) is 0.462. The first-order valence-electron chi connectivity index (χ1n) is 5.90. The maximum Gasteiger partial charge on any atom is 0.234 e. The van der Waals surface area contributed by atoms with E-state index in [1.54, 1.807) is 0 Å². The van der Waals surface area contributed by atoms with E-state index in [0.29, 0.717) is 6.42 Å². The van der Waals surface area contributed by atoms with E-state index >= 15 is 0 Å². The van der Waals surface area contributed by atoms with Crippen molar-refractivity contribution in [3.05, 3.63) is 29.8 Å². The van der Waals surface area contributed by atoms with Gasteiger partial charge in [-0.05, 0) is 30.5 Å². The predicted octanol–water partition coefficient (Wildman–Crippen LogP) is 1.22. The lowest BCUT2D eigenvalue weighted by Crippen LogP contribution is -2.38. The number of carbonyl (C=O) groups is 1. The number of nitrogens with two attached hydrogens (primary N) is 2. The number of benzene rings is 1. The van der Waals surface area contributed by atoms with Gasteiger partial charge in [-0.3, -0.25) is 4.79 Å². The molecular weight excluding hydrogens is 216 g/mol. The minimum Gasteiger partial charge on any atom is -0.494 e. The molecule has 1 amide bonds. The lowest BCUT2D eigenvalue weighted by molar-refractivity contribution is -0.119. The molecule has 94 valence electrons. The highest BCUT2D eigenvalue weighted by Crippen LogP contribution is 2.13. The van der Waals surface area contributed by atoms with Crippen molar-refractivity contribution in [1.29, 1.82) is 0 Å². The van der Waals surface area contributed by atoms with Crippen molar-refractivity contribution in [3.63, 3.8) is 0 Å². The minimum atomic E-state index is -0.623. The maximum absolute atomic E-state index is 10.8. The number of amides is 1. The van der Waals surface area contributed by atoms with Crippen LogP contribution in [0.2, 0.25) is 0 Å². The molecule has 0 aliphatic rings. The van der Waals surface area contributed by atoms with Gasteiger partial charge in [0.25, 0.3) is 0 Å². The second-order valence-electron chi connectivity index (χ2n) is 4.06. The van der Waals surface area contributed by atoms with E-state index in [9.17, 15) is 4.79 Å². The summed E-state index contributed by atoms with van der Waals surface area (Å²) in [5.74, 6) is 0.364. The van der Waals surface area contributed by atoms with Crippen molar-refractivity contribution < 1.29 is 9.53 Å². The van der Waals surface area contributed by atoms with Crippen LogP contribution in [0.25, 0.3) is 0 Å². The summed E-state index contributed by atoms with van der Waals surface area (Å²) in [4.78, 5) is 10.8. The highest BCUT2D eigenvalue weighted by Gasteiger charge is 2.09. The molecule has 0 fully saturated rings. The highest BCUT2D eigenvalue weighted by molar-refractivity contribution is 5.79. The molecule has 0 saturated carbocycles. The third-order valence-electron chi connectivity index (χ3n) is 2.51. The van der Waals surface area contributed by atoms with Gasteiger partial charge in [0, 0.05) is 0 Å². The highest BCUT2D eigenvalue weighted by atomic mass is 16.5. The zero-order chi connectivity index (χ0) is 12.7. The zero-order valence-corrected chi connectivity index (χ0v) is 10.2. The van der Waals surface area contributed by atoms with E-state index in [1.807, 2.05) is 24.3 Å². The predicted molar refractivity (Wildman–Crippen MR) is 67.7 cm³/mol. The van der Waals surface area contributed by atoms with Crippen molar-refractivity contribution >= 4 is 5.91 Å². The van der Waals surface area contributed by atoms with Crippen molar-refractivity contribution in [3.8, 4) is 5.75 Å². The second-order valence-corrected chi connectivity index (χ2v) is 4.06. The van der Waals surface area contributed by atoms with Crippen LogP contribution in [0.3, 0.4) is 0 Å². The molecule has 0 unspecified atom stereocenters. The Morgan fingerprint density at radius 2 is 2.00 bits per heavy atom. The summed E-state index contributed by atoms with van der Waals surface area (Å²) in [6, 6.07) is 6.97. The maximum atomic E-state index is 10.8. The standard InChI is InChI=1S/C13H20N2O2/c1-2-3-8-17-11-6-4-10(5-7-11)9-12(14)13(15)16/h4-7,12H,2-3,8-9,14H2,1H3,(H2,15,16)/t12-/m0/s1. The summed E-state index contributed by atoms with van der Waals surface area (Å²) in [6.45, 7) is 2.86. The lowest BCUT2D eigenvalue weighted by atomic mass is 10.1. The Morgan fingerprint density at radius 3 is 2.53 bits per heavy atom. The molecule has 4 N–H and O–H groups in total. The minimum absolute atomic E-state index is 0.463. The SMILES string of the molecule is CCCCOc1ccc(C[C@H](N)C(N)=O)cc1. The van der Waals surface area contributed by atoms with Crippen molar-refractivity contribution in [1.82, 2.24) is 0 Å². The third kappa shape index (κ3) is 4.87. The normalized spacial score (nSPS) is 12.1. The summed E-state index contributed by atoms with van der Waals surface area (Å²) >= 11 is 0. The molecule has 0 spiro atoms. The molecule has 0 aliphatic heterocycles. The van der Waals surface area contributed by atoms with Crippen molar-refractivity contribution in [2.24, 2.45) is 11.5 Å². The molecule has 0 aromatic heterocycles. The topological polar surface area (TPSA) is 78.3 Å². The van der Waals surface area contributed by atoms with Gasteiger partial charge in [-0.1, -0.05) is 25.5 Å².